The summed E-state index contributed by atoms with van der Waals surface area (Å²) in [7, 11) is 0. The van der Waals surface area contributed by atoms with E-state index in [4.69, 9.17) is 4.74 Å². The Morgan fingerprint density at radius 1 is 1.43 bits per heavy atom. The van der Waals surface area contributed by atoms with E-state index in [0.29, 0.717) is 13.2 Å². The second-order valence-electron chi connectivity index (χ2n) is 3.76. The summed E-state index contributed by atoms with van der Waals surface area (Å²) in [4.78, 5) is 11.6. The van der Waals surface area contributed by atoms with Crippen LogP contribution in [0.2, 0.25) is 0 Å². The average molecular weight is 218 g/mol. The predicted molar refractivity (Wildman–Crippen MR) is 58.1 cm³/mol. The number of morpholine rings is 1. The highest BCUT2D eigenvalue weighted by Crippen LogP contribution is 2.08. The first-order valence-electron chi connectivity index (χ1n) is 4.92. The Hall–Kier alpha value is -0.260. The van der Waals surface area contributed by atoms with Crippen LogP contribution in [0.25, 0.3) is 0 Å². The number of carbonyl (C=O) groups is 1. The van der Waals surface area contributed by atoms with Gasteiger partial charge in [-0.15, -0.1) is 0 Å². The van der Waals surface area contributed by atoms with Gasteiger partial charge in [0.1, 0.15) is 0 Å². The molecule has 1 fully saturated rings. The van der Waals surface area contributed by atoms with E-state index in [1.165, 1.54) is 0 Å². The van der Waals surface area contributed by atoms with Gasteiger partial charge in [-0.25, -0.2) is 5.01 Å². The third-order valence-electron chi connectivity index (χ3n) is 2.18. The second kappa shape index (κ2) is 5.58. The lowest BCUT2D eigenvalue weighted by atomic mass is 10.1. The van der Waals surface area contributed by atoms with E-state index in [-0.39, 0.29) is 17.1 Å². The van der Waals surface area contributed by atoms with Gasteiger partial charge >= 0.3 is 0 Å². The van der Waals surface area contributed by atoms with Gasteiger partial charge in [-0.05, 0) is 5.92 Å². The lowest BCUT2D eigenvalue weighted by Crippen LogP contribution is -2.51. The van der Waals surface area contributed by atoms with Crippen LogP contribution in [0, 0.1) is 5.92 Å². The molecule has 4 nitrogen and oxygen atoms in total. The van der Waals surface area contributed by atoms with Crippen molar-refractivity contribution >= 4 is 18.5 Å². The third kappa shape index (κ3) is 3.48. The number of hydrazine groups is 1. The van der Waals surface area contributed by atoms with Crippen molar-refractivity contribution in [3.8, 4) is 0 Å². The highest BCUT2D eigenvalue weighted by molar-refractivity contribution is 7.81. The summed E-state index contributed by atoms with van der Waals surface area (Å²) >= 11 is 4.25. The molecule has 0 aliphatic carbocycles. The largest absolute Gasteiger partial charge is 0.379 e. The first-order chi connectivity index (χ1) is 6.61. The minimum atomic E-state index is -0.238. The van der Waals surface area contributed by atoms with E-state index in [1.54, 1.807) is 0 Å². The Kier molecular flexibility index (Phi) is 4.71. The van der Waals surface area contributed by atoms with Gasteiger partial charge in [0, 0.05) is 13.1 Å². The number of carbonyl (C=O) groups excluding carboxylic acids is 1. The van der Waals surface area contributed by atoms with Gasteiger partial charge in [-0.3, -0.25) is 10.2 Å². The van der Waals surface area contributed by atoms with Gasteiger partial charge in [0.05, 0.1) is 18.5 Å². The molecule has 0 radical (unpaired) electrons. The molecule has 14 heavy (non-hydrogen) atoms. The average Bonchev–Trinajstić information content (AvgIpc) is 2.18. The summed E-state index contributed by atoms with van der Waals surface area (Å²) < 4.78 is 5.18. The van der Waals surface area contributed by atoms with Crippen LogP contribution in [-0.2, 0) is 9.53 Å². The molecule has 1 amide bonds. The number of ether oxygens (including phenoxy) is 1. The number of thiol groups is 1. The van der Waals surface area contributed by atoms with Crippen molar-refractivity contribution in [2.75, 3.05) is 26.3 Å². The lowest BCUT2D eigenvalue weighted by Gasteiger charge is -2.28. The Bertz CT molecular complexity index is 193. The maximum Gasteiger partial charge on any atom is 0.247 e. The molecule has 1 unspecified atom stereocenters. The van der Waals surface area contributed by atoms with Crippen LogP contribution in [0.3, 0.4) is 0 Å². The third-order valence-corrected chi connectivity index (χ3v) is 3.01. The summed E-state index contributed by atoms with van der Waals surface area (Å²) in [5.41, 5.74) is 2.84. The van der Waals surface area contributed by atoms with Gasteiger partial charge in [-0.2, -0.15) is 12.6 Å². The summed E-state index contributed by atoms with van der Waals surface area (Å²) in [5.74, 6) is 0.226. The molecule has 1 rings (SSSR count). The van der Waals surface area contributed by atoms with Crippen LogP contribution in [0.5, 0.6) is 0 Å². The highest BCUT2D eigenvalue weighted by atomic mass is 32.1. The molecule has 5 heteroatoms. The molecule has 0 aromatic rings. The predicted octanol–water partition coefficient (Wildman–Crippen LogP) is 0.304. The summed E-state index contributed by atoms with van der Waals surface area (Å²) in [6, 6.07) is 0. The van der Waals surface area contributed by atoms with E-state index in [0.717, 1.165) is 13.1 Å². The van der Waals surface area contributed by atoms with Crippen molar-refractivity contribution in [2.24, 2.45) is 5.92 Å². The molecule has 1 N–H and O–H groups in total. The van der Waals surface area contributed by atoms with Crippen LogP contribution in [0.1, 0.15) is 13.8 Å². The Balaban J connectivity index is 2.31. The zero-order chi connectivity index (χ0) is 10.6. The molecule has 0 aromatic heterocycles. The van der Waals surface area contributed by atoms with E-state index >= 15 is 0 Å². The maximum absolute atomic E-state index is 11.6. The quantitative estimate of drug-likeness (QED) is 0.670. The molecule has 1 aliphatic rings. The van der Waals surface area contributed by atoms with Crippen LogP contribution < -0.4 is 5.43 Å². The number of amides is 1. The molecule has 0 bridgehead atoms. The fraction of sp³-hybridized carbons (Fsp3) is 0.889. The first-order valence-corrected chi connectivity index (χ1v) is 5.44. The first kappa shape index (κ1) is 11.8. The molecule has 1 saturated heterocycles. The maximum atomic E-state index is 11.6. The zero-order valence-corrected chi connectivity index (χ0v) is 9.59. The standard InChI is InChI=1S/C9H18N2O2S/c1-7(2)8(14)9(12)10-11-3-5-13-6-4-11/h7-8,14H,3-6H2,1-2H3,(H,10,12). The van der Waals surface area contributed by atoms with E-state index in [1.807, 2.05) is 18.9 Å². The van der Waals surface area contributed by atoms with Crippen molar-refractivity contribution in [1.29, 1.82) is 0 Å². The summed E-state index contributed by atoms with van der Waals surface area (Å²) in [6.45, 7) is 6.83. The lowest BCUT2D eigenvalue weighted by molar-refractivity contribution is -0.128. The van der Waals surface area contributed by atoms with Crippen LogP contribution in [0.4, 0.5) is 0 Å². The monoisotopic (exact) mass is 218 g/mol. The van der Waals surface area contributed by atoms with Crippen LogP contribution >= 0.6 is 12.6 Å². The molecule has 1 heterocycles. The Morgan fingerprint density at radius 3 is 2.50 bits per heavy atom. The van der Waals surface area contributed by atoms with Gasteiger partial charge in [0.15, 0.2) is 0 Å². The number of hydrogen-bond acceptors (Lipinski definition) is 4. The molecule has 1 atom stereocenters. The normalized spacial score (nSPS) is 20.9. The summed E-state index contributed by atoms with van der Waals surface area (Å²) in [5, 5.41) is 1.65. The van der Waals surface area contributed by atoms with Crippen molar-refractivity contribution in [2.45, 2.75) is 19.1 Å². The zero-order valence-electron chi connectivity index (χ0n) is 8.69. The topological polar surface area (TPSA) is 41.6 Å². The van der Waals surface area contributed by atoms with Crippen molar-refractivity contribution < 1.29 is 9.53 Å². The highest BCUT2D eigenvalue weighted by Gasteiger charge is 2.20. The molecule has 0 saturated carbocycles. The smallest absolute Gasteiger partial charge is 0.247 e. The van der Waals surface area contributed by atoms with Gasteiger partial charge in [-0.1, -0.05) is 13.8 Å². The van der Waals surface area contributed by atoms with Crippen LogP contribution in [-0.4, -0.2) is 42.5 Å². The molecule has 1 aliphatic heterocycles. The number of nitrogens with one attached hydrogen (secondary N) is 1. The molecular formula is C9H18N2O2S. The van der Waals surface area contributed by atoms with Gasteiger partial charge < -0.3 is 4.74 Å². The number of rotatable bonds is 3. The fourth-order valence-corrected chi connectivity index (χ4v) is 1.26. The van der Waals surface area contributed by atoms with E-state index < -0.39 is 0 Å². The van der Waals surface area contributed by atoms with Crippen molar-refractivity contribution in [3.63, 3.8) is 0 Å². The van der Waals surface area contributed by atoms with E-state index in [2.05, 4.69) is 18.1 Å². The number of hydrogen-bond donors (Lipinski definition) is 2. The number of nitrogens with zero attached hydrogens (tertiary/aromatic N) is 1. The Morgan fingerprint density at radius 2 is 2.00 bits per heavy atom. The van der Waals surface area contributed by atoms with E-state index in [9.17, 15) is 4.79 Å². The molecule has 82 valence electrons. The van der Waals surface area contributed by atoms with Gasteiger partial charge in [0.2, 0.25) is 5.91 Å². The minimum Gasteiger partial charge on any atom is -0.379 e. The fourth-order valence-electron chi connectivity index (χ4n) is 1.20. The van der Waals surface area contributed by atoms with Crippen molar-refractivity contribution in [3.05, 3.63) is 0 Å². The second-order valence-corrected chi connectivity index (χ2v) is 4.32. The molecule has 0 spiro atoms. The van der Waals surface area contributed by atoms with Crippen molar-refractivity contribution in [1.82, 2.24) is 10.4 Å². The SMILES string of the molecule is CC(C)C(S)C(=O)NN1CCOCC1. The minimum absolute atomic E-state index is 0.0229. The van der Waals surface area contributed by atoms with Gasteiger partial charge in [0.25, 0.3) is 0 Å². The van der Waals surface area contributed by atoms with Crippen LogP contribution in [0.15, 0.2) is 0 Å². The molecular weight excluding hydrogens is 200 g/mol. The molecule has 0 aromatic carbocycles. The summed E-state index contributed by atoms with van der Waals surface area (Å²) in [6.07, 6.45) is 0. The Labute approximate surface area is 90.4 Å².